The van der Waals surface area contributed by atoms with Gasteiger partial charge < -0.3 is 10.2 Å². The molecule has 0 aromatic carbocycles. The minimum Gasteiger partial charge on any atom is -0.319 e. The van der Waals surface area contributed by atoms with Gasteiger partial charge in [0.15, 0.2) is 0 Å². The fraction of sp³-hybridized carbons (Fsp3) is 0.688. The predicted octanol–water partition coefficient (Wildman–Crippen LogP) is 2.68. The van der Waals surface area contributed by atoms with Crippen molar-refractivity contribution < 1.29 is 0 Å². The summed E-state index contributed by atoms with van der Waals surface area (Å²) >= 11 is 0. The molecular formula is C16H27N3. The van der Waals surface area contributed by atoms with Crippen molar-refractivity contribution in [1.82, 2.24) is 15.2 Å². The van der Waals surface area contributed by atoms with Crippen LogP contribution in [0.4, 0.5) is 0 Å². The third kappa shape index (κ3) is 4.29. The lowest BCUT2D eigenvalue weighted by molar-refractivity contribution is 0.116. The Kier molecular flexibility index (Phi) is 5.34. The Morgan fingerprint density at radius 2 is 1.89 bits per heavy atom. The lowest BCUT2D eigenvalue weighted by Crippen LogP contribution is -2.43. The van der Waals surface area contributed by atoms with Crippen LogP contribution in [0.2, 0.25) is 0 Å². The van der Waals surface area contributed by atoms with Crippen LogP contribution >= 0.6 is 0 Å². The van der Waals surface area contributed by atoms with Crippen molar-refractivity contribution in [3.8, 4) is 0 Å². The van der Waals surface area contributed by atoms with E-state index in [9.17, 15) is 0 Å². The average molecular weight is 261 g/mol. The van der Waals surface area contributed by atoms with Crippen LogP contribution in [-0.4, -0.2) is 37.1 Å². The quantitative estimate of drug-likeness (QED) is 0.853. The first kappa shape index (κ1) is 14.5. The Labute approximate surface area is 117 Å². The summed E-state index contributed by atoms with van der Waals surface area (Å²) in [6.45, 7) is 3.36. The number of nitrogens with one attached hydrogen (secondary N) is 1. The van der Waals surface area contributed by atoms with Crippen LogP contribution in [0.1, 0.15) is 37.7 Å². The van der Waals surface area contributed by atoms with E-state index in [1.165, 1.54) is 44.2 Å². The highest BCUT2D eigenvalue weighted by Gasteiger charge is 2.32. The van der Waals surface area contributed by atoms with Gasteiger partial charge in [-0.1, -0.05) is 19.3 Å². The van der Waals surface area contributed by atoms with Crippen LogP contribution in [0.15, 0.2) is 24.5 Å². The first-order valence-electron chi connectivity index (χ1n) is 7.46. The Balaban J connectivity index is 1.93. The van der Waals surface area contributed by atoms with Gasteiger partial charge in [-0.25, -0.2) is 0 Å². The third-order valence-corrected chi connectivity index (χ3v) is 4.27. The summed E-state index contributed by atoms with van der Waals surface area (Å²) in [5.74, 6) is 0. The fourth-order valence-electron chi connectivity index (χ4n) is 3.50. The normalized spacial score (nSPS) is 18.7. The highest BCUT2D eigenvalue weighted by Crippen LogP contribution is 2.36. The second kappa shape index (κ2) is 7.01. The molecule has 0 radical (unpaired) electrons. The molecule has 1 fully saturated rings. The van der Waals surface area contributed by atoms with Gasteiger partial charge in [-0.3, -0.25) is 4.98 Å². The summed E-state index contributed by atoms with van der Waals surface area (Å²) in [7, 11) is 4.33. The Morgan fingerprint density at radius 1 is 1.21 bits per heavy atom. The van der Waals surface area contributed by atoms with Crippen molar-refractivity contribution in [3.63, 3.8) is 0 Å². The number of pyridine rings is 1. The van der Waals surface area contributed by atoms with Gasteiger partial charge in [-0.2, -0.15) is 0 Å². The first-order valence-corrected chi connectivity index (χ1v) is 7.46. The van der Waals surface area contributed by atoms with Crippen LogP contribution in [0.3, 0.4) is 0 Å². The molecule has 0 bridgehead atoms. The number of nitrogens with zero attached hydrogens (tertiary/aromatic N) is 2. The maximum absolute atomic E-state index is 4.08. The molecule has 0 amide bonds. The van der Waals surface area contributed by atoms with E-state index in [1.807, 2.05) is 12.4 Å². The Hall–Kier alpha value is -0.930. The second-order valence-electron chi connectivity index (χ2n) is 6.12. The minimum absolute atomic E-state index is 0.481. The maximum Gasteiger partial charge on any atom is 0.0271 e. The van der Waals surface area contributed by atoms with Gasteiger partial charge in [0.1, 0.15) is 0 Å². The van der Waals surface area contributed by atoms with Crippen LogP contribution in [0.5, 0.6) is 0 Å². The molecule has 2 rings (SSSR count). The zero-order valence-corrected chi connectivity index (χ0v) is 12.4. The molecule has 3 nitrogen and oxygen atoms in total. The van der Waals surface area contributed by atoms with Gasteiger partial charge in [0, 0.05) is 32.0 Å². The van der Waals surface area contributed by atoms with Gasteiger partial charge in [0.05, 0.1) is 0 Å². The summed E-state index contributed by atoms with van der Waals surface area (Å²) in [6, 6.07) is 4.23. The SMILES string of the molecule is CNCC1(CN(C)Cc2ccncc2)CCCCC1. The molecule has 0 atom stereocenters. The summed E-state index contributed by atoms with van der Waals surface area (Å²) in [5.41, 5.74) is 1.84. The van der Waals surface area contributed by atoms with Crippen LogP contribution < -0.4 is 5.32 Å². The van der Waals surface area contributed by atoms with Crippen molar-refractivity contribution in [2.45, 2.75) is 38.6 Å². The number of hydrogen-bond donors (Lipinski definition) is 1. The molecule has 1 aliphatic carbocycles. The predicted molar refractivity (Wildman–Crippen MR) is 80.0 cm³/mol. The summed E-state index contributed by atoms with van der Waals surface area (Å²) in [5, 5.41) is 3.41. The van der Waals surface area contributed by atoms with Crippen molar-refractivity contribution >= 4 is 0 Å². The minimum atomic E-state index is 0.481. The zero-order chi connectivity index (χ0) is 13.6. The summed E-state index contributed by atoms with van der Waals surface area (Å²) in [4.78, 5) is 6.55. The van der Waals surface area contributed by atoms with Gasteiger partial charge in [-0.05, 0) is 50.0 Å². The topological polar surface area (TPSA) is 28.2 Å². The molecule has 1 heterocycles. The van der Waals surface area contributed by atoms with Gasteiger partial charge >= 0.3 is 0 Å². The van der Waals surface area contributed by atoms with E-state index in [4.69, 9.17) is 0 Å². The van der Waals surface area contributed by atoms with Crippen LogP contribution in [0, 0.1) is 5.41 Å². The average Bonchev–Trinajstić information content (AvgIpc) is 2.40. The van der Waals surface area contributed by atoms with Crippen molar-refractivity contribution in [3.05, 3.63) is 30.1 Å². The van der Waals surface area contributed by atoms with Gasteiger partial charge in [-0.15, -0.1) is 0 Å². The van der Waals surface area contributed by atoms with E-state index in [2.05, 4.69) is 41.4 Å². The second-order valence-corrected chi connectivity index (χ2v) is 6.12. The molecule has 19 heavy (non-hydrogen) atoms. The molecule has 0 saturated heterocycles. The highest BCUT2D eigenvalue weighted by atomic mass is 15.1. The van der Waals surface area contributed by atoms with E-state index in [0.29, 0.717) is 5.41 Å². The monoisotopic (exact) mass is 261 g/mol. The van der Waals surface area contributed by atoms with E-state index >= 15 is 0 Å². The summed E-state index contributed by atoms with van der Waals surface area (Å²) < 4.78 is 0. The number of aromatic nitrogens is 1. The van der Waals surface area contributed by atoms with E-state index in [0.717, 1.165) is 13.1 Å². The highest BCUT2D eigenvalue weighted by molar-refractivity contribution is 5.09. The zero-order valence-electron chi connectivity index (χ0n) is 12.4. The molecule has 1 aliphatic rings. The lowest BCUT2D eigenvalue weighted by Gasteiger charge is -2.40. The molecule has 106 valence electrons. The smallest absolute Gasteiger partial charge is 0.0271 e. The molecule has 1 aromatic rings. The fourth-order valence-corrected chi connectivity index (χ4v) is 3.50. The van der Waals surface area contributed by atoms with Gasteiger partial charge in [0.25, 0.3) is 0 Å². The Bertz CT molecular complexity index is 352. The van der Waals surface area contributed by atoms with E-state index in [1.54, 1.807) is 0 Å². The molecule has 1 N–H and O–H groups in total. The largest absolute Gasteiger partial charge is 0.319 e. The van der Waals surface area contributed by atoms with Crippen LogP contribution in [0.25, 0.3) is 0 Å². The first-order chi connectivity index (χ1) is 9.24. The molecule has 1 saturated carbocycles. The number of rotatable bonds is 6. The number of hydrogen-bond acceptors (Lipinski definition) is 3. The van der Waals surface area contributed by atoms with Gasteiger partial charge in [0.2, 0.25) is 0 Å². The molecular weight excluding hydrogens is 234 g/mol. The maximum atomic E-state index is 4.08. The standard InChI is InChI=1S/C16H27N3/c1-17-13-16(8-4-3-5-9-16)14-19(2)12-15-6-10-18-11-7-15/h6-7,10-11,17H,3-5,8-9,12-14H2,1-2H3. The third-order valence-electron chi connectivity index (χ3n) is 4.27. The van der Waals surface area contributed by atoms with Crippen molar-refractivity contribution in [2.24, 2.45) is 5.41 Å². The molecule has 0 aliphatic heterocycles. The van der Waals surface area contributed by atoms with E-state index in [-0.39, 0.29) is 0 Å². The summed E-state index contributed by atoms with van der Waals surface area (Å²) in [6.07, 6.45) is 10.7. The van der Waals surface area contributed by atoms with E-state index < -0.39 is 0 Å². The lowest BCUT2D eigenvalue weighted by atomic mass is 9.73. The molecule has 0 unspecified atom stereocenters. The molecule has 3 heteroatoms. The molecule has 0 spiro atoms. The van der Waals surface area contributed by atoms with Crippen molar-refractivity contribution in [1.29, 1.82) is 0 Å². The van der Waals surface area contributed by atoms with Crippen molar-refractivity contribution in [2.75, 3.05) is 27.2 Å². The van der Waals surface area contributed by atoms with Crippen LogP contribution in [-0.2, 0) is 6.54 Å². The Morgan fingerprint density at radius 3 is 2.53 bits per heavy atom. The molecule has 1 aromatic heterocycles.